The molecular weight excluding hydrogens is 486 g/mol. The van der Waals surface area contributed by atoms with Crippen LogP contribution in [0, 0.1) is 12.8 Å². The lowest BCUT2D eigenvalue weighted by atomic mass is 9.96. The van der Waals surface area contributed by atoms with Crippen LogP contribution in [-0.4, -0.2) is 67.8 Å². The van der Waals surface area contributed by atoms with Crippen LogP contribution in [0.1, 0.15) is 52.0 Å². The average Bonchev–Trinajstić information content (AvgIpc) is 3.58. The maximum Gasteiger partial charge on any atom is 0.233 e. The van der Waals surface area contributed by atoms with Crippen molar-refractivity contribution in [3.63, 3.8) is 0 Å². The number of nitrogens with zero attached hydrogens (tertiary/aromatic N) is 5. The summed E-state index contributed by atoms with van der Waals surface area (Å²) in [4.78, 5) is 30.2. The smallest absolute Gasteiger partial charge is 0.233 e. The van der Waals surface area contributed by atoms with Crippen molar-refractivity contribution in [3.8, 4) is 17.3 Å². The van der Waals surface area contributed by atoms with Crippen LogP contribution >= 0.6 is 11.8 Å². The fourth-order valence-corrected chi connectivity index (χ4v) is 5.72. The molecule has 4 rings (SSSR count). The van der Waals surface area contributed by atoms with Crippen molar-refractivity contribution >= 4 is 23.6 Å². The normalized spacial score (nSPS) is 16.7. The van der Waals surface area contributed by atoms with Gasteiger partial charge in [0.05, 0.1) is 17.7 Å². The van der Waals surface area contributed by atoms with Gasteiger partial charge in [0.25, 0.3) is 0 Å². The molecule has 198 valence electrons. The minimum absolute atomic E-state index is 0.00653. The predicted molar refractivity (Wildman–Crippen MR) is 146 cm³/mol. The Morgan fingerprint density at radius 1 is 1.14 bits per heavy atom. The van der Waals surface area contributed by atoms with Gasteiger partial charge in [-0.25, -0.2) is 0 Å². The zero-order valence-electron chi connectivity index (χ0n) is 22.2. The Kier molecular flexibility index (Phi) is 9.08. The molecule has 0 spiro atoms. The van der Waals surface area contributed by atoms with Gasteiger partial charge < -0.3 is 14.2 Å². The highest BCUT2D eigenvalue weighted by atomic mass is 32.2. The standard InChI is InChI=1S/C28H37N5O3S/c1-5-7-12-22(6-2)27(35)32-16-15-31(18-21(32)4)25(34)19-37-28-30-29-26(24-14-10-17-36-24)33(28)23-13-9-8-11-20(23)3/h8-11,13-14,17,21-22H,5-7,12,15-16,18-19H2,1-4H3. The van der Waals surface area contributed by atoms with Crippen molar-refractivity contribution < 1.29 is 14.0 Å². The van der Waals surface area contributed by atoms with E-state index in [9.17, 15) is 9.59 Å². The summed E-state index contributed by atoms with van der Waals surface area (Å²) in [5.74, 6) is 1.83. The highest BCUT2D eigenvalue weighted by Crippen LogP contribution is 2.30. The number of para-hydroxylation sites is 1. The first-order chi connectivity index (χ1) is 17.9. The Bertz CT molecular complexity index is 1190. The van der Waals surface area contributed by atoms with Crippen molar-refractivity contribution in [1.29, 1.82) is 0 Å². The molecule has 2 amide bonds. The van der Waals surface area contributed by atoms with Crippen LogP contribution in [-0.2, 0) is 9.59 Å². The average molecular weight is 524 g/mol. The van der Waals surface area contributed by atoms with E-state index in [0.717, 1.165) is 36.9 Å². The molecule has 1 aliphatic heterocycles. The van der Waals surface area contributed by atoms with Crippen LogP contribution in [0.25, 0.3) is 17.3 Å². The first kappa shape index (κ1) is 27.0. The third-order valence-electron chi connectivity index (χ3n) is 7.07. The Morgan fingerprint density at radius 2 is 1.95 bits per heavy atom. The molecule has 3 aromatic rings. The minimum atomic E-state index is 0.00653. The zero-order valence-corrected chi connectivity index (χ0v) is 23.0. The molecule has 0 radical (unpaired) electrons. The highest BCUT2D eigenvalue weighted by Gasteiger charge is 2.32. The monoisotopic (exact) mass is 523 g/mol. The molecule has 9 heteroatoms. The second-order valence-electron chi connectivity index (χ2n) is 9.66. The summed E-state index contributed by atoms with van der Waals surface area (Å²) in [5, 5.41) is 9.42. The summed E-state index contributed by atoms with van der Waals surface area (Å²) in [6.45, 7) is 10.0. The topological polar surface area (TPSA) is 84.5 Å². The molecule has 1 aliphatic rings. The predicted octanol–water partition coefficient (Wildman–Crippen LogP) is 5.20. The van der Waals surface area contributed by atoms with E-state index in [-0.39, 0.29) is 29.5 Å². The largest absolute Gasteiger partial charge is 0.461 e. The van der Waals surface area contributed by atoms with E-state index in [1.165, 1.54) is 11.8 Å². The Morgan fingerprint density at radius 3 is 2.62 bits per heavy atom. The fourth-order valence-electron chi connectivity index (χ4n) is 4.88. The third kappa shape index (κ3) is 6.09. The summed E-state index contributed by atoms with van der Waals surface area (Å²) < 4.78 is 7.55. The summed E-state index contributed by atoms with van der Waals surface area (Å²) in [6, 6.07) is 11.7. The quantitative estimate of drug-likeness (QED) is 0.340. The molecule has 3 heterocycles. The first-order valence-corrected chi connectivity index (χ1v) is 14.2. The molecule has 0 bridgehead atoms. The molecule has 0 N–H and O–H groups in total. The van der Waals surface area contributed by atoms with Gasteiger partial charge in [-0.2, -0.15) is 0 Å². The molecular formula is C28H37N5O3S. The third-order valence-corrected chi connectivity index (χ3v) is 7.98. The van der Waals surface area contributed by atoms with Crippen molar-refractivity contribution in [3.05, 3.63) is 48.2 Å². The molecule has 1 aromatic carbocycles. The van der Waals surface area contributed by atoms with Crippen LogP contribution in [0.2, 0.25) is 0 Å². The number of aromatic nitrogens is 3. The van der Waals surface area contributed by atoms with Crippen molar-refractivity contribution in [2.24, 2.45) is 5.92 Å². The van der Waals surface area contributed by atoms with Gasteiger partial charge in [-0.05, 0) is 50.5 Å². The van der Waals surface area contributed by atoms with Crippen LogP contribution < -0.4 is 0 Å². The van der Waals surface area contributed by atoms with Gasteiger partial charge in [-0.3, -0.25) is 14.2 Å². The first-order valence-electron chi connectivity index (χ1n) is 13.2. The van der Waals surface area contributed by atoms with Crippen molar-refractivity contribution in [2.45, 2.75) is 64.6 Å². The number of rotatable bonds is 10. The molecule has 0 aliphatic carbocycles. The molecule has 1 fully saturated rings. The number of benzene rings is 1. The van der Waals surface area contributed by atoms with E-state index in [1.54, 1.807) is 6.26 Å². The molecule has 0 saturated carbocycles. The molecule has 8 nitrogen and oxygen atoms in total. The van der Waals surface area contributed by atoms with E-state index in [2.05, 4.69) is 24.0 Å². The Balaban J connectivity index is 1.43. The number of thioether (sulfide) groups is 1. The molecule has 1 saturated heterocycles. The van der Waals surface area contributed by atoms with Crippen molar-refractivity contribution in [2.75, 3.05) is 25.4 Å². The van der Waals surface area contributed by atoms with Gasteiger partial charge in [0.2, 0.25) is 17.6 Å². The van der Waals surface area contributed by atoms with E-state index in [1.807, 2.05) is 64.6 Å². The second-order valence-corrected chi connectivity index (χ2v) is 10.6. The summed E-state index contributed by atoms with van der Waals surface area (Å²) in [5.41, 5.74) is 2.02. The van der Waals surface area contributed by atoms with Crippen LogP contribution in [0.15, 0.2) is 52.2 Å². The van der Waals surface area contributed by atoms with E-state index in [4.69, 9.17) is 4.42 Å². The number of furan rings is 1. The lowest BCUT2D eigenvalue weighted by molar-refractivity contribution is -0.144. The summed E-state index contributed by atoms with van der Waals surface area (Å²) in [6.07, 6.45) is 5.59. The number of aryl methyl sites for hydroxylation is 1. The maximum absolute atomic E-state index is 13.2. The Labute approximate surface area is 223 Å². The number of hydrogen-bond acceptors (Lipinski definition) is 6. The Hall–Kier alpha value is -3.07. The summed E-state index contributed by atoms with van der Waals surface area (Å²) in [7, 11) is 0. The number of amides is 2. The number of hydrogen-bond donors (Lipinski definition) is 0. The lowest BCUT2D eigenvalue weighted by Gasteiger charge is -2.41. The second kappa shape index (κ2) is 12.4. The van der Waals surface area contributed by atoms with Gasteiger partial charge in [0.15, 0.2) is 10.9 Å². The zero-order chi connectivity index (χ0) is 26.4. The summed E-state index contributed by atoms with van der Waals surface area (Å²) >= 11 is 1.37. The molecule has 2 aromatic heterocycles. The number of unbranched alkanes of at least 4 members (excludes halogenated alkanes) is 1. The lowest BCUT2D eigenvalue weighted by Crippen LogP contribution is -2.56. The van der Waals surface area contributed by atoms with Gasteiger partial charge in [0, 0.05) is 31.6 Å². The molecule has 37 heavy (non-hydrogen) atoms. The van der Waals surface area contributed by atoms with Crippen LogP contribution in [0.3, 0.4) is 0 Å². The fraction of sp³-hybridized carbons (Fsp3) is 0.500. The molecule has 2 unspecified atom stereocenters. The minimum Gasteiger partial charge on any atom is -0.461 e. The van der Waals surface area contributed by atoms with Crippen molar-refractivity contribution in [1.82, 2.24) is 24.6 Å². The number of carbonyl (C=O) groups is 2. The van der Waals surface area contributed by atoms with E-state index < -0.39 is 0 Å². The maximum atomic E-state index is 13.2. The number of piperazine rings is 1. The van der Waals surface area contributed by atoms with Crippen LogP contribution in [0.4, 0.5) is 0 Å². The molecule has 2 atom stereocenters. The van der Waals surface area contributed by atoms with Gasteiger partial charge in [-0.1, -0.05) is 56.7 Å². The van der Waals surface area contributed by atoms with E-state index in [0.29, 0.717) is 36.4 Å². The van der Waals surface area contributed by atoms with Gasteiger partial charge in [0.1, 0.15) is 0 Å². The van der Waals surface area contributed by atoms with Crippen LogP contribution in [0.5, 0.6) is 0 Å². The van der Waals surface area contributed by atoms with E-state index >= 15 is 0 Å². The SMILES string of the molecule is CCCCC(CC)C(=O)N1CCN(C(=O)CSc2nnc(-c3ccco3)n2-c2ccccc2C)CC1C. The van der Waals surface area contributed by atoms with Gasteiger partial charge >= 0.3 is 0 Å². The van der Waals surface area contributed by atoms with Gasteiger partial charge in [-0.15, -0.1) is 10.2 Å². The number of carbonyl (C=O) groups excluding carboxylic acids is 2. The highest BCUT2D eigenvalue weighted by molar-refractivity contribution is 7.99.